The summed E-state index contributed by atoms with van der Waals surface area (Å²) in [5.41, 5.74) is 0. The van der Waals surface area contributed by atoms with Crippen LogP contribution in [0.5, 0.6) is 0 Å². The lowest BCUT2D eigenvalue weighted by molar-refractivity contribution is -0.134. The van der Waals surface area contributed by atoms with Crippen LogP contribution in [0.25, 0.3) is 0 Å². The molecule has 0 N–H and O–H groups in total. The molecule has 0 radical (unpaired) electrons. The third-order valence-electron chi connectivity index (χ3n) is 4.03. The van der Waals surface area contributed by atoms with E-state index in [4.69, 9.17) is 9.47 Å². The number of tetrazole rings is 1. The summed E-state index contributed by atoms with van der Waals surface area (Å²) in [6.45, 7) is 7.39. The number of amides is 1. The number of aromatic nitrogens is 4. The molecule has 9 heteroatoms. The first-order chi connectivity index (χ1) is 11.0. The summed E-state index contributed by atoms with van der Waals surface area (Å²) in [6.07, 6.45) is -0.229. The molecule has 23 heavy (non-hydrogen) atoms. The molecule has 1 atom stereocenters. The van der Waals surface area contributed by atoms with Gasteiger partial charge in [0.15, 0.2) is 5.82 Å². The van der Waals surface area contributed by atoms with Gasteiger partial charge in [0.25, 0.3) is 0 Å². The normalized spacial score (nSPS) is 19.3. The molecule has 130 valence electrons. The number of carbonyl (C=O) groups is 1. The standard InChI is InChI=1S/C14H26N6O3/c1-11(2)18(3)13(21)10-19-5-8-23-12(9-19)14-15-16-17-20(14)6-7-22-4/h11-12H,5-10H2,1-4H3/t12-/m1/s1. The zero-order valence-electron chi connectivity index (χ0n) is 14.3. The van der Waals surface area contributed by atoms with E-state index in [1.54, 1.807) is 16.7 Å². The van der Waals surface area contributed by atoms with Crippen molar-refractivity contribution in [2.45, 2.75) is 32.5 Å². The predicted molar refractivity (Wildman–Crippen MR) is 82.7 cm³/mol. The van der Waals surface area contributed by atoms with Crippen molar-refractivity contribution in [3.05, 3.63) is 5.82 Å². The van der Waals surface area contributed by atoms with Crippen molar-refractivity contribution in [3.63, 3.8) is 0 Å². The van der Waals surface area contributed by atoms with E-state index in [-0.39, 0.29) is 18.1 Å². The minimum absolute atomic E-state index is 0.111. The fraction of sp³-hybridized carbons (Fsp3) is 0.857. The molecule has 1 aromatic heterocycles. The minimum Gasteiger partial charge on any atom is -0.383 e. The van der Waals surface area contributed by atoms with Gasteiger partial charge in [-0.1, -0.05) is 0 Å². The van der Waals surface area contributed by atoms with Crippen LogP contribution in [0.1, 0.15) is 25.8 Å². The fourth-order valence-electron chi connectivity index (χ4n) is 2.37. The van der Waals surface area contributed by atoms with Crippen LogP contribution in [-0.2, 0) is 20.8 Å². The molecular formula is C14H26N6O3. The van der Waals surface area contributed by atoms with Crippen molar-refractivity contribution >= 4 is 5.91 Å². The Labute approximate surface area is 136 Å². The van der Waals surface area contributed by atoms with Crippen LogP contribution in [-0.4, -0.2) is 89.0 Å². The smallest absolute Gasteiger partial charge is 0.236 e. The van der Waals surface area contributed by atoms with Crippen molar-refractivity contribution in [2.75, 3.05) is 47.0 Å². The van der Waals surface area contributed by atoms with Crippen molar-refractivity contribution in [1.82, 2.24) is 30.0 Å². The number of carbonyl (C=O) groups excluding carboxylic acids is 1. The van der Waals surface area contributed by atoms with Gasteiger partial charge in [0.05, 0.1) is 26.3 Å². The molecule has 1 fully saturated rings. The van der Waals surface area contributed by atoms with Crippen LogP contribution in [0.3, 0.4) is 0 Å². The Morgan fingerprint density at radius 3 is 3.00 bits per heavy atom. The van der Waals surface area contributed by atoms with Crippen molar-refractivity contribution in [3.8, 4) is 0 Å². The number of hydrogen-bond acceptors (Lipinski definition) is 7. The van der Waals surface area contributed by atoms with Crippen LogP contribution >= 0.6 is 0 Å². The molecule has 0 spiro atoms. The monoisotopic (exact) mass is 326 g/mol. The summed E-state index contributed by atoms with van der Waals surface area (Å²) in [6, 6.07) is 0.195. The molecule has 0 aromatic carbocycles. The SMILES string of the molecule is COCCn1nnnc1[C@H]1CN(CC(=O)N(C)C(C)C)CCO1. The van der Waals surface area contributed by atoms with E-state index in [0.717, 1.165) is 6.54 Å². The summed E-state index contributed by atoms with van der Waals surface area (Å²) >= 11 is 0. The third-order valence-corrected chi connectivity index (χ3v) is 4.03. The largest absolute Gasteiger partial charge is 0.383 e. The van der Waals surface area contributed by atoms with Crippen LogP contribution < -0.4 is 0 Å². The molecular weight excluding hydrogens is 300 g/mol. The third kappa shape index (κ3) is 4.69. The zero-order chi connectivity index (χ0) is 16.8. The van der Waals surface area contributed by atoms with E-state index in [1.807, 2.05) is 20.9 Å². The lowest BCUT2D eigenvalue weighted by atomic mass is 10.2. The number of ether oxygens (including phenoxy) is 2. The van der Waals surface area contributed by atoms with Crippen LogP contribution in [0, 0.1) is 0 Å². The van der Waals surface area contributed by atoms with Crippen molar-refractivity contribution in [2.24, 2.45) is 0 Å². The molecule has 1 aliphatic heterocycles. The second-order valence-corrected chi connectivity index (χ2v) is 5.95. The van der Waals surface area contributed by atoms with Gasteiger partial charge >= 0.3 is 0 Å². The average Bonchev–Trinajstić information content (AvgIpc) is 3.00. The number of methoxy groups -OCH3 is 1. The first kappa shape index (κ1) is 17.8. The molecule has 0 saturated carbocycles. The van der Waals surface area contributed by atoms with Crippen LogP contribution in [0.2, 0.25) is 0 Å². The molecule has 1 amide bonds. The zero-order valence-corrected chi connectivity index (χ0v) is 14.3. The van der Waals surface area contributed by atoms with E-state index >= 15 is 0 Å². The van der Waals surface area contributed by atoms with E-state index in [1.165, 1.54) is 0 Å². The molecule has 1 saturated heterocycles. The molecule has 0 unspecified atom stereocenters. The van der Waals surface area contributed by atoms with E-state index in [2.05, 4.69) is 20.4 Å². The van der Waals surface area contributed by atoms with E-state index in [0.29, 0.717) is 38.7 Å². The summed E-state index contributed by atoms with van der Waals surface area (Å²) in [5.74, 6) is 0.788. The molecule has 9 nitrogen and oxygen atoms in total. The number of likely N-dealkylation sites (N-methyl/N-ethyl adjacent to an activating group) is 1. The Balaban J connectivity index is 1.96. The van der Waals surface area contributed by atoms with Gasteiger partial charge in [0.2, 0.25) is 5.91 Å². The molecule has 1 aliphatic rings. The average molecular weight is 326 g/mol. The van der Waals surface area contributed by atoms with Gasteiger partial charge in [-0.3, -0.25) is 9.69 Å². The molecule has 2 heterocycles. The Hall–Kier alpha value is -1.58. The van der Waals surface area contributed by atoms with E-state index < -0.39 is 0 Å². The fourth-order valence-corrected chi connectivity index (χ4v) is 2.37. The Kier molecular flexibility index (Phi) is 6.43. The first-order valence-electron chi connectivity index (χ1n) is 7.87. The highest BCUT2D eigenvalue weighted by atomic mass is 16.5. The van der Waals surface area contributed by atoms with Gasteiger partial charge in [-0.05, 0) is 24.3 Å². The summed E-state index contributed by atoms with van der Waals surface area (Å²) in [5, 5.41) is 11.8. The maximum Gasteiger partial charge on any atom is 0.236 e. The van der Waals surface area contributed by atoms with Gasteiger partial charge in [-0.15, -0.1) is 5.10 Å². The maximum atomic E-state index is 12.2. The number of nitrogens with zero attached hydrogens (tertiary/aromatic N) is 6. The topological polar surface area (TPSA) is 85.6 Å². The van der Waals surface area contributed by atoms with Gasteiger partial charge in [0, 0.05) is 33.3 Å². The highest BCUT2D eigenvalue weighted by molar-refractivity contribution is 5.78. The van der Waals surface area contributed by atoms with E-state index in [9.17, 15) is 4.79 Å². The van der Waals surface area contributed by atoms with Gasteiger partial charge in [0.1, 0.15) is 6.10 Å². The molecule has 0 bridgehead atoms. The van der Waals surface area contributed by atoms with Crippen molar-refractivity contribution < 1.29 is 14.3 Å². The molecule has 2 rings (SSSR count). The van der Waals surface area contributed by atoms with Gasteiger partial charge in [-0.2, -0.15) is 0 Å². The Bertz CT molecular complexity index is 506. The summed E-state index contributed by atoms with van der Waals surface area (Å²) in [7, 11) is 3.47. The quantitative estimate of drug-likeness (QED) is 0.671. The maximum absolute atomic E-state index is 12.2. The van der Waals surface area contributed by atoms with Crippen LogP contribution in [0.4, 0.5) is 0 Å². The Morgan fingerprint density at radius 2 is 2.30 bits per heavy atom. The van der Waals surface area contributed by atoms with Crippen molar-refractivity contribution in [1.29, 1.82) is 0 Å². The summed E-state index contributed by atoms with van der Waals surface area (Å²) < 4.78 is 12.5. The second kappa shape index (κ2) is 8.32. The highest BCUT2D eigenvalue weighted by Crippen LogP contribution is 2.19. The minimum atomic E-state index is -0.229. The predicted octanol–water partition coefficient (Wildman–Crippen LogP) is -0.440. The van der Waals surface area contributed by atoms with Gasteiger partial charge < -0.3 is 14.4 Å². The number of morpholine rings is 1. The first-order valence-corrected chi connectivity index (χ1v) is 7.87. The van der Waals surface area contributed by atoms with Gasteiger partial charge in [-0.25, -0.2) is 4.68 Å². The second-order valence-electron chi connectivity index (χ2n) is 5.95. The number of hydrogen-bond donors (Lipinski definition) is 0. The van der Waals surface area contributed by atoms with Crippen LogP contribution in [0.15, 0.2) is 0 Å². The molecule has 0 aliphatic carbocycles. The summed E-state index contributed by atoms with van der Waals surface area (Å²) in [4.78, 5) is 16.1. The molecule has 1 aromatic rings. The number of rotatable bonds is 7. The Morgan fingerprint density at radius 1 is 1.52 bits per heavy atom. The lowest BCUT2D eigenvalue weighted by Gasteiger charge is -2.33. The highest BCUT2D eigenvalue weighted by Gasteiger charge is 2.28. The lowest BCUT2D eigenvalue weighted by Crippen LogP contribution is -2.46.